The van der Waals surface area contributed by atoms with Gasteiger partial charge in [0, 0.05) is 44.2 Å². The van der Waals surface area contributed by atoms with E-state index in [1.54, 1.807) is 24.5 Å². The molecule has 0 unspecified atom stereocenters. The van der Waals surface area contributed by atoms with Crippen LogP contribution >= 0.6 is 11.3 Å². The largest absolute Gasteiger partial charge is 0.497 e. The number of ether oxygens (including phenoxy) is 2. The summed E-state index contributed by atoms with van der Waals surface area (Å²) >= 11 is 1.62. The number of hydrogen-bond acceptors (Lipinski definition) is 6. The number of nitrogens with zero attached hydrogens (tertiary/aromatic N) is 3. The number of carbonyl (C=O) groups excluding carboxylic acids is 1. The molecule has 178 valence electrons. The van der Waals surface area contributed by atoms with E-state index in [0.29, 0.717) is 6.61 Å². The van der Waals surface area contributed by atoms with Crippen molar-refractivity contribution in [2.24, 2.45) is 0 Å². The molecular formula is C27H31N3O3S. The number of thiazole rings is 1. The molecule has 3 aromatic rings. The second-order valence-electron chi connectivity index (χ2n) is 8.32. The molecular weight excluding hydrogens is 446 g/mol. The first-order valence-electron chi connectivity index (χ1n) is 11.6. The summed E-state index contributed by atoms with van der Waals surface area (Å²) in [7, 11) is 1.68. The minimum Gasteiger partial charge on any atom is -0.497 e. The Labute approximate surface area is 205 Å². The van der Waals surface area contributed by atoms with Gasteiger partial charge in [-0.1, -0.05) is 24.3 Å². The molecule has 0 radical (unpaired) electrons. The van der Waals surface area contributed by atoms with E-state index in [1.807, 2.05) is 59.7 Å². The molecule has 0 bridgehead atoms. The van der Waals surface area contributed by atoms with Gasteiger partial charge in [-0.05, 0) is 54.8 Å². The first-order valence-corrected chi connectivity index (χ1v) is 12.4. The predicted octanol–water partition coefficient (Wildman–Crippen LogP) is 4.44. The Hall–Kier alpha value is -3.16. The van der Waals surface area contributed by atoms with Crippen molar-refractivity contribution >= 4 is 23.3 Å². The third-order valence-electron chi connectivity index (χ3n) is 5.89. The highest BCUT2D eigenvalue weighted by Crippen LogP contribution is 2.18. The molecule has 4 rings (SSSR count). The standard InChI is InChI=1S/C27H31N3O3S/c1-21-28-24(20-34-21)19-33-26-5-3-4-23(18-26)8-11-27(31)30-16-14-29(15-17-30)13-12-22-6-9-25(32-2)10-7-22/h3-11,18,20H,12-17,19H2,1-2H3/b11-8+. The van der Waals surface area contributed by atoms with Crippen molar-refractivity contribution in [1.29, 1.82) is 0 Å². The number of methoxy groups -OCH3 is 1. The average molecular weight is 478 g/mol. The zero-order valence-corrected chi connectivity index (χ0v) is 20.6. The molecule has 6 nitrogen and oxygen atoms in total. The molecule has 7 heteroatoms. The van der Waals surface area contributed by atoms with Crippen molar-refractivity contribution in [2.45, 2.75) is 20.0 Å². The summed E-state index contributed by atoms with van der Waals surface area (Å²) in [6.45, 7) is 6.73. The fourth-order valence-electron chi connectivity index (χ4n) is 3.88. The number of rotatable bonds is 9. The Morgan fingerprint density at radius 3 is 2.59 bits per heavy atom. The van der Waals surface area contributed by atoms with Crippen LogP contribution in [0, 0.1) is 6.92 Å². The molecule has 0 saturated carbocycles. The third kappa shape index (κ3) is 6.92. The van der Waals surface area contributed by atoms with Gasteiger partial charge in [-0.25, -0.2) is 4.98 Å². The lowest BCUT2D eigenvalue weighted by Crippen LogP contribution is -2.48. The highest BCUT2D eigenvalue weighted by Gasteiger charge is 2.19. The van der Waals surface area contributed by atoms with Crippen LogP contribution in [0.1, 0.15) is 21.8 Å². The van der Waals surface area contributed by atoms with Gasteiger partial charge in [0.1, 0.15) is 18.1 Å². The fourth-order valence-corrected chi connectivity index (χ4v) is 4.48. The highest BCUT2D eigenvalue weighted by atomic mass is 32.1. The Kier molecular flexibility index (Phi) is 8.33. The summed E-state index contributed by atoms with van der Waals surface area (Å²) in [5.74, 6) is 1.71. The average Bonchev–Trinajstić information content (AvgIpc) is 3.30. The predicted molar refractivity (Wildman–Crippen MR) is 136 cm³/mol. The van der Waals surface area contributed by atoms with Gasteiger partial charge < -0.3 is 14.4 Å². The molecule has 0 atom stereocenters. The number of benzene rings is 2. The fraction of sp³-hybridized carbons (Fsp3) is 0.333. The van der Waals surface area contributed by atoms with E-state index < -0.39 is 0 Å². The third-order valence-corrected chi connectivity index (χ3v) is 6.71. The van der Waals surface area contributed by atoms with Gasteiger partial charge in [0.05, 0.1) is 17.8 Å². The van der Waals surface area contributed by atoms with Gasteiger partial charge in [-0.15, -0.1) is 11.3 Å². The Morgan fingerprint density at radius 1 is 1.09 bits per heavy atom. The molecule has 1 aliphatic rings. The van der Waals surface area contributed by atoms with Crippen LogP contribution < -0.4 is 9.47 Å². The molecule has 1 saturated heterocycles. The molecule has 2 heterocycles. The van der Waals surface area contributed by atoms with Crippen molar-refractivity contribution < 1.29 is 14.3 Å². The van der Waals surface area contributed by atoms with Gasteiger partial charge in [0.25, 0.3) is 0 Å². The van der Waals surface area contributed by atoms with Gasteiger partial charge in [0.15, 0.2) is 0 Å². The number of aromatic nitrogens is 1. The molecule has 34 heavy (non-hydrogen) atoms. The van der Waals surface area contributed by atoms with Crippen molar-refractivity contribution in [3.63, 3.8) is 0 Å². The molecule has 1 aliphatic heterocycles. The maximum absolute atomic E-state index is 12.7. The van der Waals surface area contributed by atoms with E-state index in [2.05, 4.69) is 22.0 Å². The van der Waals surface area contributed by atoms with Gasteiger partial charge >= 0.3 is 0 Å². The number of carbonyl (C=O) groups is 1. The second kappa shape index (κ2) is 11.8. The van der Waals surface area contributed by atoms with E-state index in [0.717, 1.165) is 66.9 Å². The Bertz CT molecular complexity index is 1100. The van der Waals surface area contributed by atoms with Crippen LogP contribution in [0.15, 0.2) is 60.0 Å². The minimum atomic E-state index is 0.0547. The lowest BCUT2D eigenvalue weighted by Gasteiger charge is -2.34. The first kappa shape index (κ1) is 24.0. The number of amides is 1. The molecule has 1 fully saturated rings. The molecule has 2 aromatic carbocycles. The minimum absolute atomic E-state index is 0.0547. The smallest absolute Gasteiger partial charge is 0.246 e. The Balaban J connectivity index is 1.21. The zero-order valence-electron chi connectivity index (χ0n) is 19.8. The summed E-state index contributed by atoms with van der Waals surface area (Å²) < 4.78 is 11.1. The normalized spacial score (nSPS) is 14.5. The summed E-state index contributed by atoms with van der Waals surface area (Å²) in [4.78, 5) is 21.4. The highest BCUT2D eigenvalue weighted by molar-refractivity contribution is 7.09. The Morgan fingerprint density at radius 2 is 1.88 bits per heavy atom. The van der Waals surface area contributed by atoms with Gasteiger partial charge in [-0.3, -0.25) is 9.69 Å². The zero-order chi connectivity index (χ0) is 23.8. The molecule has 0 spiro atoms. The second-order valence-corrected chi connectivity index (χ2v) is 9.38. The first-order chi connectivity index (χ1) is 16.6. The van der Waals surface area contributed by atoms with Crippen LogP contribution in [-0.4, -0.2) is 60.5 Å². The maximum atomic E-state index is 12.7. The van der Waals surface area contributed by atoms with Crippen LogP contribution in [-0.2, 0) is 17.8 Å². The molecule has 0 aliphatic carbocycles. The van der Waals surface area contributed by atoms with Crippen molar-refractivity contribution in [3.05, 3.63) is 81.8 Å². The summed E-state index contributed by atoms with van der Waals surface area (Å²) in [5, 5.41) is 3.04. The van der Waals surface area contributed by atoms with E-state index in [9.17, 15) is 4.79 Å². The van der Waals surface area contributed by atoms with Gasteiger partial charge in [-0.2, -0.15) is 0 Å². The molecule has 1 amide bonds. The van der Waals surface area contributed by atoms with Crippen LogP contribution in [0.3, 0.4) is 0 Å². The number of piperazine rings is 1. The van der Waals surface area contributed by atoms with Crippen molar-refractivity contribution in [1.82, 2.24) is 14.8 Å². The van der Waals surface area contributed by atoms with Gasteiger partial charge in [0.2, 0.25) is 5.91 Å². The maximum Gasteiger partial charge on any atom is 0.246 e. The van der Waals surface area contributed by atoms with E-state index in [4.69, 9.17) is 9.47 Å². The van der Waals surface area contributed by atoms with Crippen LogP contribution in [0.25, 0.3) is 6.08 Å². The van der Waals surface area contributed by atoms with Crippen LogP contribution in [0.4, 0.5) is 0 Å². The topological polar surface area (TPSA) is 54.9 Å². The summed E-state index contributed by atoms with van der Waals surface area (Å²) in [5.41, 5.74) is 3.18. The monoisotopic (exact) mass is 477 g/mol. The molecule has 1 aromatic heterocycles. The SMILES string of the molecule is COc1ccc(CCN2CCN(C(=O)/C=C/c3cccc(OCc4csc(C)n4)c3)CC2)cc1. The van der Waals surface area contributed by atoms with E-state index >= 15 is 0 Å². The summed E-state index contributed by atoms with van der Waals surface area (Å²) in [6, 6.07) is 16.0. The molecule has 0 N–H and O–H groups in total. The lowest BCUT2D eigenvalue weighted by atomic mass is 10.1. The van der Waals surface area contributed by atoms with Crippen molar-refractivity contribution in [3.8, 4) is 11.5 Å². The van der Waals surface area contributed by atoms with Crippen molar-refractivity contribution in [2.75, 3.05) is 39.8 Å². The quantitative estimate of drug-likeness (QED) is 0.427. The number of aryl methyl sites for hydroxylation is 1. The van der Waals surface area contributed by atoms with E-state index in [-0.39, 0.29) is 5.91 Å². The van der Waals surface area contributed by atoms with Crippen LogP contribution in [0.2, 0.25) is 0 Å². The summed E-state index contributed by atoms with van der Waals surface area (Å²) in [6.07, 6.45) is 4.52. The van der Waals surface area contributed by atoms with Crippen LogP contribution in [0.5, 0.6) is 11.5 Å². The lowest BCUT2D eigenvalue weighted by molar-refractivity contribution is -0.127. The number of hydrogen-bond donors (Lipinski definition) is 0. The van der Waals surface area contributed by atoms with E-state index in [1.165, 1.54) is 5.56 Å².